The van der Waals surface area contributed by atoms with Crippen LogP contribution in [0.3, 0.4) is 0 Å². The fourth-order valence-electron chi connectivity index (χ4n) is 6.08. The second kappa shape index (κ2) is 12.9. The summed E-state index contributed by atoms with van der Waals surface area (Å²) in [7, 11) is -2.05. The monoisotopic (exact) mass is 675 g/mol. The number of aromatic nitrogens is 2. The molecule has 252 valence electrons. The Balaban J connectivity index is 1.12. The number of sulfonamides is 1. The van der Waals surface area contributed by atoms with Crippen LogP contribution < -0.4 is 14.8 Å². The van der Waals surface area contributed by atoms with E-state index in [9.17, 15) is 23.3 Å². The predicted molar refractivity (Wildman–Crippen MR) is 177 cm³/mol. The quantitative estimate of drug-likeness (QED) is 0.0861. The molecule has 1 aliphatic carbocycles. The van der Waals surface area contributed by atoms with E-state index in [0.717, 1.165) is 29.2 Å². The molecule has 14 heteroatoms. The van der Waals surface area contributed by atoms with E-state index in [0.29, 0.717) is 29.1 Å². The Morgan fingerprint density at radius 3 is 2.40 bits per heavy atom. The van der Waals surface area contributed by atoms with Crippen molar-refractivity contribution in [1.82, 2.24) is 14.1 Å². The fraction of sp³-hybridized carbons (Fsp3) is 0.353. The highest BCUT2D eigenvalue weighted by atomic mass is 32.2. The van der Waals surface area contributed by atoms with Gasteiger partial charge in [0.1, 0.15) is 23.4 Å². The molecule has 1 N–H and O–H groups in total. The third-order valence-electron chi connectivity index (χ3n) is 8.49. The normalized spacial score (nSPS) is 18.7. The number of hydrogen-bond donors (Lipinski definition) is 1. The number of rotatable bonds is 9. The topological polar surface area (TPSA) is 155 Å². The van der Waals surface area contributed by atoms with Crippen LogP contribution >= 0.6 is 0 Å². The third kappa shape index (κ3) is 6.99. The van der Waals surface area contributed by atoms with Crippen LogP contribution in [0.5, 0.6) is 11.5 Å². The number of carbonyl (C=O) groups is 1. The van der Waals surface area contributed by atoms with Gasteiger partial charge in [0, 0.05) is 42.9 Å². The van der Waals surface area contributed by atoms with Gasteiger partial charge < -0.3 is 19.5 Å². The van der Waals surface area contributed by atoms with E-state index in [1.807, 2.05) is 41.1 Å². The highest BCUT2D eigenvalue weighted by Crippen LogP contribution is 2.39. The maximum atomic E-state index is 13.3. The van der Waals surface area contributed by atoms with Crippen molar-refractivity contribution < 1.29 is 32.3 Å². The first-order valence-electron chi connectivity index (χ1n) is 15.6. The third-order valence-corrected chi connectivity index (χ3v) is 10.4. The first-order chi connectivity index (χ1) is 22.8. The minimum absolute atomic E-state index is 0.0444. The predicted octanol–water partition coefficient (Wildman–Crippen LogP) is 6.85. The second-order valence-electron chi connectivity index (χ2n) is 13.0. The van der Waals surface area contributed by atoms with Crippen LogP contribution in [-0.2, 0) is 33.4 Å². The van der Waals surface area contributed by atoms with Crippen LogP contribution in [0.1, 0.15) is 62.8 Å². The number of hydrogen-bond acceptors (Lipinski definition) is 10. The summed E-state index contributed by atoms with van der Waals surface area (Å²) < 4.78 is 46.1. The molecule has 3 aromatic carbocycles. The Kier molecular flexibility index (Phi) is 8.88. The Hall–Kier alpha value is -4.95. The van der Waals surface area contributed by atoms with E-state index in [4.69, 9.17) is 19.3 Å². The molecule has 2 aliphatic rings. The number of methoxy groups -OCH3 is 1. The van der Waals surface area contributed by atoms with Crippen LogP contribution in [0.2, 0.25) is 0 Å². The molecule has 2 atom stereocenters. The summed E-state index contributed by atoms with van der Waals surface area (Å²) in [6, 6.07) is 19.9. The first kappa shape index (κ1) is 33.0. The number of fused-ring (bicyclic) bond motifs is 1. The number of nitro groups is 1. The van der Waals surface area contributed by atoms with Crippen LogP contribution in [0.25, 0.3) is 0 Å². The van der Waals surface area contributed by atoms with Crippen LogP contribution in [0, 0.1) is 10.1 Å². The molecule has 0 unspecified atom stereocenters. The van der Waals surface area contributed by atoms with Gasteiger partial charge in [0.2, 0.25) is 10.0 Å². The van der Waals surface area contributed by atoms with Gasteiger partial charge in [-0.2, -0.15) is 9.40 Å². The lowest BCUT2D eigenvalue weighted by Crippen LogP contribution is -2.24. The molecule has 0 saturated heterocycles. The number of ether oxygens (including phenoxy) is 3. The Morgan fingerprint density at radius 2 is 1.73 bits per heavy atom. The second-order valence-corrected chi connectivity index (χ2v) is 14.9. The van der Waals surface area contributed by atoms with Gasteiger partial charge in [-0.05, 0) is 93.6 Å². The molecule has 1 saturated carbocycles. The van der Waals surface area contributed by atoms with Crippen molar-refractivity contribution in [3.05, 3.63) is 99.7 Å². The average Bonchev–Trinajstić information content (AvgIpc) is 3.74. The number of anilines is 2. The first-order valence-corrected chi connectivity index (χ1v) is 17.0. The summed E-state index contributed by atoms with van der Waals surface area (Å²) in [4.78, 5) is 23.1. The number of carbonyl (C=O) groups excluding carboxylic acids is 1. The molecule has 2 heterocycles. The van der Waals surface area contributed by atoms with Gasteiger partial charge in [-0.3, -0.25) is 10.1 Å². The van der Waals surface area contributed by atoms with E-state index >= 15 is 0 Å². The molecule has 48 heavy (non-hydrogen) atoms. The Morgan fingerprint density at radius 1 is 1.02 bits per heavy atom. The zero-order chi connectivity index (χ0) is 34.2. The lowest BCUT2D eigenvalue weighted by atomic mass is 10.0. The molecule has 0 spiro atoms. The van der Waals surface area contributed by atoms with Crippen LogP contribution in [0.4, 0.5) is 22.0 Å². The molecular formula is C34H37N5O8S. The smallest absolute Gasteiger partial charge is 0.497 e. The van der Waals surface area contributed by atoms with Crippen molar-refractivity contribution in [1.29, 1.82) is 0 Å². The zero-order valence-corrected chi connectivity index (χ0v) is 27.9. The summed E-state index contributed by atoms with van der Waals surface area (Å²) >= 11 is 0. The van der Waals surface area contributed by atoms with E-state index < -0.39 is 21.1 Å². The lowest BCUT2D eigenvalue weighted by Gasteiger charge is -2.23. The maximum Gasteiger partial charge on any atom is 0.514 e. The SMILES string of the molecule is COc1ccc(CN2Cc3cc(Nc4cc([C@H]5CC[C@@H](OC(=O)Oc6ccc([N+](=O)[O-])cc6)C5)nn4C(C)(C)C)ccc3S2(=O)=O)cc1. The number of nitrogens with one attached hydrogen (secondary N) is 1. The van der Waals surface area contributed by atoms with Gasteiger partial charge in [-0.25, -0.2) is 17.9 Å². The summed E-state index contributed by atoms with van der Waals surface area (Å²) in [5.74, 6) is 1.68. The molecule has 0 bridgehead atoms. The maximum absolute atomic E-state index is 13.3. The summed E-state index contributed by atoms with van der Waals surface area (Å²) in [5, 5.41) is 19.3. The highest BCUT2D eigenvalue weighted by Gasteiger charge is 2.35. The van der Waals surface area contributed by atoms with Gasteiger partial charge in [0.05, 0.1) is 28.2 Å². The molecule has 6 rings (SSSR count). The van der Waals surface area contributed by atoms with Crippen LogP contribution in [0.15, 0.2) is 77.7 Å². The van der Waals surface area contributed by atoms with E-state index in [1.165, 1.54) is 28.6 Å². The van der Waals surface area contributed by atoms with Gasteiger partial charge in [-0.1, -0.05) is 12.1 Å². The fourth-order valence-corrected chi connectivity index (χ4v) is 7.68. The number of nitrogens with zero attached hydrogens (tertiary/aromatic N) is 4. The van der Waals surface area contributed by atoms with Crippen molar-refractivity contribution in [3.63, 3.8) is 0 Å². The Labute approximate surface area is 278 Å². The van der Waals surface area contributed by atoms with Gasteiger partial charge in [0.25, 0.3) is 5.69 Å². The van der Waals surface area contributed by atoms with E-state index in [2.05, 4.69) is 26.1 Å². The van der Waals surface area contributed by atoms with E-state index in [1.54, 1.807) is 19.2 Å². The largest absolute Gasteiger partial charge is 0.514 e. The summed E-state index contributed by atoms with van der Waals surface area (Å²) in [6.07, 6.45) is 0.736. The van der Waals surface area contributed by atoms with Crippen molar-refractivity contribution in [2.24, 2.45) is 0 Å². The van der Waals surface area contributed by atoms with Crippen LogP contribution in [-0.4, -0.2) is 46.8 Å². The number of nitro benzene ring substituents is 1. The highest BCUT2D eigenvalue weighted by molar-refractivity contribution is 7.89. The van der Waals surface area contributed by atoms with Gasteiger partial charge in [0.15, 0.2) is 0 Å². The van der Waals surface area contributed by atoms with Crippen molar-refractivity contribution in [2.45, 2.75) is 75.6 Å². The van der Waals surface area contributed by atoms with Crippen molar-refractivity contribution in [3.8, 4) is 11.5 Å². The summed E-state index contributed by atoms with van der Waals surface area (Å²) in [5.41, 5.74) is 2.72. The molecule has 13 nitrogen and oxygen atoms in total. The number of benzene rings is 3. The molecule has 0 radical (unpaired) electrons. The standard InChI is InChI=1S/C34H37N5O8S/c1-34(2,3)38-32(19-30(36-38)23-7-13-29(18-23)47-33(40)46-28-14-9-26(10-15-28)39(41)42)35-25-8-16-31-24(17-25)21-37(48(31,43)44)20-22-5-11-27(45-4)12-6-22/h5-6,8-12,14-17,19,23,29,35H,7,13,18,20-21H2,1-4H3/t23-,29+/m0/s1. The molecule has 0 amide bonds. The van der Waals surface area contributed by atoms with Gasteiger partial charge in [-0.15, -0.1) is 0 Å². The van der Waals surface area contributed by atoms with E-state index in [-0.39, 0.29) is 42.1 Å². The average molecular weight is 676 g/mol. The lowest BCUT2D eigenvalue weighted by molar-refractivity contribution is -0.384. The number of non-ortho nitro benzene ring substituents is 1. The zero-order valence-electron chi connectivity index (χ0n) is 27.1. The van der Waals surface area contributed by atoms with Crippen molar-refractivity contribution >= 4 is 33.4 Å². The minimum atomic E-state index is -3.64. The molecule has 1 aliphatic heterocycles. The summed E-state index contributed by atoms with van der Waals surface area (Å²) in [6.45, 7) is 6.67. The molecule has 4 aromatic rings. The molecule has 1 fully saturated rings. The minimum Gasteiger partial charge on any atom is -0.497 e. The molecule has 1 aromatic heterocycles. The van der Waals surface area contributed by atoms with Crippen molar-refractivity contribution in [2.75, 3.05) is 12.4 Å². The Bertz CT molecular complexity index is 1940. The van der Waals surface area contributed by atoms with Gasteiger partial charge >= 0.3 is 6.16 Å². The molecular weight excluding hydrogens is 638 g/mol.